The van der Waals surface area contributed by atoms with Crippen LogP contribution in [0.25, 0.3) is 11.1 Å². The lowest BCUT2D eigenvalue weighted by Crippen LogP contribution is -2.36. The molecule has 0 unspecified atom stereocenters. The maximum absolute atomic E-state index is 13.3. The van der Waals surface area contributed by atoms with Gasteiger partial charge in [-0.3, -0.25) is 4.79 Å². The summed E-state index contributed by atoms with van der Waals surface area (Å²) in [4.78, 5) is 15.3. The molecule has 0 bridgehead atoms. The van der Waals surface area contributed by atoms with Crippen LogP contribution in [0, 0.1) is 0 Å². The zero-order chi connectivity index (χ0) is 21.8. The molecule has 4 rings (SSSR count). The molecule has 162 valence electrons. The van der Waals surface area contributed by atoms with E-state index in [0.717, 1.165) is 36.0 Å². The van der Waals surface area contributed by atoms with Gasteiger partial charge in [0, 0.05) is 26.7 Å². The number of rotatable bonds is 6. The highest BCUT2D eigenvalue weighted by Crippen LogP contribution is 2.29. The monoisotopic (exact) mass is 454 g/mol. The average Bonchev–Trinajstić information content (AvgIpc) is 3.31. The van der Waals surface area contributed by atoms with Gasteiger partial charge in [0.1, 0.15) is 9.77 Å². The van der Waals surface area contributed by atoms with Gasteiger partial charge in [-0.25, -0.2) is 8.42 Å². The van der Waals surface area contributed by atoms with E-state index in [4.69, 9.17) is 0 Å². The summed E-state index contributed by atoms with van der Waals surface area (Å²) in [7, 11) is -1.93. The van der Waals surface area contributed by atoms with Crippen LogP contribution in [0.1, 0.15) is 34.5 Å². The van der Waals surface area contributed by atoms with Crippen molar-refractivity contribution in [2.75, 3.05) is 20.1 Å². The van der Waals surface area contributed by atoms with Gasteiger partial charge >= 0.3 is 0 Å². The summed E-state index contributed by atoms with van der Waals surface area (Å²) in [5, 5.41) is 1.69. The molecule has 0 aliphatic carbocycles. The van der Waals surface area contributed by atoms with E-state index >= 15 is 0 Å². The van der Waals surface area contributed by atoms with Crippen LogP contribution in [0.15, 0.2) is 70.9 Å². The number of carbonyl (C=O) groups is 1. The summed E-state index contributed by atoms with van der Waals surface area (Å²) in [6, 6.07) is 19.6. The van der Waals surface area contributed by atoms with Gasteiger partial charge < -0.3 is 4.90 Å². The van der Waals surface area contributed by atoms with Gasteiger partial charge in [-0.2, -0.15) is 4.31 Å². The predicted octanol–water partition coefficient (Wildman–Crippen LogP) is 4.86. The number of hydrogen-bond donors (Lipinski definition) is 0. The third-order valence-electron chi connectivity index (χ3n) is 5.61. The van der Waals surface area contributed by atoms with Crippen molar-refractivity contribution in [1.82, 2.24) is 9.21 Å². The molecule has 1 aliphatic rings. The molecule has 0 spiro atoms. The van der Waals surface area contributed by atoms with Gasteiger partial charge in [0.25, 0.3) is 5.91 Å². The molecule has 2 aromatic carbocycles. The number of sulfonamides is 1. The lowest BCUT2D eigenvalue weighted by atomic mass is 9.99. The largest absolute Gasteiger partial charge is 0.337 e. The van der Waals surface area contributed by atoms with E-state index in [2.05, 4.69) is 0 Å². The number of hydrogen-bond acceptors (Lipinski definition) is 4. The third-order valence-corrected chi connectivity index (χ3v) is 8.59. The lowest BCUT2D eigenvalue weighted by Gasteiger charge is -2.26. The number of benzene rings is 2. The molecule has 1 aliphatic heterocycles. The minimum absolute atomic E-state index is 0.132. The standard InChI is InChI=1S/C24H26N2O3S2/c1-25(18-20-12-6-7-13-21(20)19-10-4-2-5-11-19)24(27)23-22(14-17-30-23)31(28,29)26-15-8-3-9-16-26/h2,4-7,10-14,17H,3,8-9,15-16,18H2,1H3. The first-order valence-electron chi connectivity index (χ1n) is 10.4. The second-order valence-corrected chi connectivity index (χ2v) is 10.6. The third kappa shape index (κ3) is 4.59. The highest BCUT2D eigenvalue weighted by Gasteiger charge is 2.32. The summed E-state index contributed by atoms with van der Waals surface area (Å²) in [5.74, 6) is -0.270. The quantitative estimate of drug-likeness (QED) is 0.534. The second kappa shape index (κ2) is 9.34. The molecule has 3 aromatic rings. The summed E-state index contributed by atoms with van der Waals surface area (Å²) >= 11 is 1.19. The molecular formula is C24H26N2O3S2. The van der Waals surface area contributed by atoms with Crippen LogP contribution >= 0.6 is 11.3 Å². The van der Waals surface area contributed by atoms with E-state index in [-0.39, 0.29) is 15.7 Å². The van der Waals surface area contributed by atoms with Crippen molar-refractivity contribution in [3.05, 3.63) is 76.5 Å². The number of amides is 1. The molecule has 0 N–H and O–H groups in total. The highest BCUT2D eigenvalue weighted by atomic mass is 32.2. The Kier molecular flexibility index (Phi) is 6.55. The average molecular weight is 455 g/mol. The van der Waals surface area contributed by atoms with E-state index in [0.29, 0.717) is 19.6 Å². The van der Waals surface area contributed by atoms with Crippen molar-refractivity contribution < 1.29 is 13.2 Å². The molecular weight excluding hydrogens is 428 g/mol. The molecule has 0 saturated carbocycles. The van der Waals surface area contributed by atoms with Crippen LogP contribution in [-0.4, -0.2) is 43.7 Å². The van der Waals surface area contributed by atoms with Gasteiger partial charge in [-0.05, 0) is 41.0 Å². The van der Waals surface area contributed by atoms with Gasteiger partial charge in [0.15, 0.2) is 0 Å². The minimum atomic E-state index is -3.66. The Morgan fingerprint density at radius 2 is 1.65 bits per heavy atom. The Labute approximate surface area is 188 Å². The highest BCUT2D eigenvalue weighted by molar-refractivity contribution is 7.89. The van der Waals surface area contributed by atoms with Crippen molar-refractivity contribution in [2.45, 2.75) is 30.7 Å². The van der Waals surface area contributed by atoms with Crippen molar-refractivity contribution >= 4 is 27.3 Å². The van der Waals surface area contributed by atoms with Gasteiger partial charge in [-0.1, -0.05) is 61.0 Å². The smallest absolute Gasteiger partial charge is 0.265 e. The minimum Gasteiger partial charge on any atom is -0.337 e. The van der Waals surface area contributed by atoms with E-state index in [1.54, 1.807) is 23.4 Å². The van der Waals surface area contributed by atoms with Gasteiger partial charge in [-0.15, -0.1) is 11.3 Å². The fourth-order valence-corrected chi connectivity index (χ4v) is 6.87. The van der Waals surface area contributed by atoms with Crippen molar-refractivity contribution in [1.29, 1.82) is 0 Å². The number of carbonyl (C=O) groups excluding carboxylic acids is 1. The molecule has 7 heteroatoms. The normalized spacial score (nSPS) is 15.0. The SMILES string of the molecule is CN(Cc1ccccc1-c1ccccc1)C(=O)c1sccc1S(=O)(=O)N1CCCCC1. The maximum atomic E-state index is 13.3. The van der Waals surface area contributed by atoms with E-state index in [1.807, 2.05) is 54.6 Å². The zero-order valence-electron chi connectivity index (χ0n) is 17.5. The number of nitrogens with zero attached hydrogens (tertiary/aromatic N) is 2. The maximum Gasteiger partial charge on any atom is 0.265 e. The number of piperidine rings is 1. The Bertz CT molecular complexity index is 1150. The van der Waals surface area contributed by atoms with E-state index < -0.39 is 10.0 Å². The Balaban J connectivity index is 1.58. The molecule has 5 nitrogen and oxygen atoms in total. The van der Waals surface area contributed by atoms with Gasteiger partial charge in [0.05, 0.1) is 0 Å². The molecule has 1 saturated heterocycles. The van der Waals surface area contributed by atoms with E-state index in [1.165, 1.54) is 15.6 Å². The van der Waals surface area contributed by atoms with Crippen LogP contribution in [0.5, 0.6) is 0 Å². The lowest BCUT2D eigenvalue weighted by molar-refractivity contribution is 0.0786. The molecule has 2 heterocycles. The predicted molar refractivity (Wildman–Crippen MR) is 125 cm³/mol. The first kappa shape index (κ1) is 21.7. The van der Waals surface area contributed by atoms with Crippen molar-refractivity contribution in [3.8, 4) is 11.1 Å². The van der Waals surface area contributed by atoms with Crippen LogP contribution in [0.3, 0.4) is 0 Å². The van der Waals surface area contributed by atoms with Crippen LogP contribution in [0.2, 0.25) is 0 Å². The van der Waals surface area contributed by atoms with Gasteiger partial charge in [0.2, 0.25) is 10.0 Å². The topological polar surface area (TPSA) is 57.7 Å². The second-order valence-electron chi connectivity index (χ2n) is 7.76. The number of thiophene rings is 1. The fraction of sp³-hybridized carbons (Fsp3) is 0.292. The van der Waals surface area contributed by atoms with Crippen molar-refractivity contribution in [3.63, 3.8) is 0 Å². The molecule has 0 radical (unpaired) electrons. The molecule has 31 heavy (non-hydrogen) atoms. The summed E-state index contributed by atoms with van der Waals surface area (Å²) in [6.07, 6.45) is 2.77. The first-order valence-corrected chi connectivity index (χ1v) is 12.8. The summed E-state index contributed by atoms with van der Waals surface area (Å²) in [5.41, 5.74) is 3.17. The van der Waals surface area contributed by atoms with E-state index in [9.17, 15) is 13.2 Å². The summed E-state index contributed by atoms with van der Waals surface area (Å²) < 4.78 is 27.8. The Morgan fingerprint density at radius 3 is 2.39 bits per heavy atom. The Hall–Kier alpha value is -2.48. The van der Waals surface area contributed by atoms with Crippen LogP contribution < -0.4 is 0 Å². The van der Waals surface area contributed by atoms with Crippen LogP contribution in [0.4, 0.5) is 0 Å². The zero-order valence-corrected chi connectivity index (χ0v) is 19.2. The van der Waals surface area contributed by atoms with Crippen molar-refractivity contribution in [2.24, 2.45) is 0 Å². The molecule has 1 fully saturated rings. The molecule has 1 aromatic heterocycles. The summed E-state index contributed by atoms with van der Waals surface area (Å²) in [6.45, 7) is 1.43. The fourth-order valence-electron chi connectivity index (χ4n) is 3.96. The molecule has 0 atom stereocenters. The Morgan fingerprint density at radius 1 is 0.968 bits per heavy atom. The van der Waals surface area contributed by atoms with Crippen LogP contribution in [-0.2, 0) is 16.6 Å². The first-order chi connectivity index (χ1) is 15.0. The molecule has 1 amide bonds.